The molecule has 0 aliphatic carbocycles. The van der Waals surface area contributed by atoms with Crippen LogP contribution >= 0.6 is 0 Å². The van der Waals surface area contributed by atoms with Gasteiger partial charge in [-0.25, -0.2) is 4.57 Å². The third-order valence-corrected chi connectivity index (χ3v) is 5.24. The maximum absolute atomic E-state index is 2.30. The molecule has 5 aromatic rings. The minimum atomic E-state index is 1.16. The van der Waals surface area contributed by atoms with Crippen LogP contribution in [0.5, 0.6) is 0 Å². The van der Waals surface area contributed by atoms with Crippen LogP contribution in [0.2, 0.25) is 0 Å². The molecule has 0 N–H and O–H groups in total. The zero-order valence-electron chi connectivity index (χ0n) is 15.8. The van der Waals surface area contributed by atoms with Crippen LogP contribution in [0.25, 0.3) is 39.0 Å². The van der Waals surface area contributed by atoms with Crippen LogP contribution in [0.3, 0.4) is 0 Å². The Bertz CT molecular complexity index is 1240. The van der Waals surface area contributed by atoms with Gasteiger partial charge in [0.2, 0.25) is 6.33 Å². The van der Waals surface area contributed by atoms with Crippen LogP contribution in [0.15, 0.2) is 109 Å². The van der Waals surface area contributed by atoms with E-state index in [4.69, 9.17) is 0 Å². The molecule has 0 aliphatic heterocycles. The third kappa shape index (κ3) is 2.71. The summed E-state index contributed by atoms with van der Waals surface area (Å²) in [5.74, 6) is 0. The van der Waals surface area contributed by atoms with E-state index in [9.17, 15) is 0 Å². The average molecular weight is 361 g/mol. The summed E-state index contributed by atoms with van der Waals surface area (Å²) in [5.41, 5.74) is 8.55. The molecule has 0 saturated heterocycles. The molecule has 2 heteroatoms. The second-order valence-electron chi connectivity index (χ2n) is 7.02. The first kappa shape index (κ1) is 16.5. The van der Waals surface area contributed by atoms with Gasteiger partial charge in [-0.05, 0) is 35.4 Å². The number of benzene rings is 4. The van der Waals surface area contributed by atoms with E-state index in [2.05, 4.69) is 126 Å². The number of aromatic nitrogens is 2. The molecule has 0 aliphatic rings. The van der Waals surface area contributed by atoms with E-state index >= 15 is 0 Å². The number of fused-ring (bicyclic) bond motifs is 1. The Morgan fingerprint density at radius 1 is 0.571 bits per heavy atom. The Labute approximate surface area is 164 Å². The van der Waals surface area contributed by atoms with Crippen LogP contribution in [0.4, 0.5) is 0 Å². The molecular formula is C26H21N2+. The maximum Gasteiger partial charge on any atom is 0.249 e. The Morgan fingerprint density at radius 3 is 1.68 bits per heavy atom. The number of aryl methyl sites for hydroxylation is 1. The van der Waals surface area contributed by atoms with E-state index in [-0.39, 0.29) is 0 Å². The lowest BCUT2D eigenvalue weighted by molar-refractivity contribution is -0.645. The van der Waals surface area contributed by atoms with Gasteiger partial charge in [0, 0.05) is 11.1 Å². The molecule has 0 amide bonds. The molecular weight excluding hydrogens is 340 g/mol. The molecule has 28 heavy (non-hydrogen) atoms. The number of nitrogens with zero attached hydrogens (tertiary/aromatic N) is 2. The monoisotopic (exact) mass is 361 g/mol. The van der Waals surface area contributed by atoms with Crippen molar-refractivity contribution in [3.8, 4) is 27.9 Å². The van der Waals surface area contributed by atoms with Gasteiger partial charge in [-0.1, -0.05) is 78.9 Å². The van der Waals surface area contributed by atoms with Crippen molar-refractivity contribution in [3.63, 3.8) is 0 Å². The van der Waals surface area contributed by atoms with Crippen molar-refractivity contribution < 1.29 is 4.57 Å². The maximum atomic E-state index is 2.30. The summed E-state index contributed by atoms with van der Waals surface area (Å²) in [7, 11) is 2.13. The fraction of sp³-hybridized carbons (Fsp3) is 0.0385. The van der Waals surface area contributed by atoms with Gasteiger partial charge in [0.1, 0.15) is 5.69 Å². The van der Waals surface area contributed by atoms with Gasteiger partial charge in [0.05, 0.1) is 7.05 Å². The van der Waals surface area contributed by atoms with Gasteiger partial charge in [-0.2, -0.15) is 4.57 Å². The van der Waals surface area contributed by atoms with Gasteiger partial charge >= 0.3 is 0 Å². The lowest BCUT2D eigenvalue weighted by Crippen LogP contribution is -2.26. The molecule has 5 rings (SSSR count). The molecule has 0 saturated carbocycles. The van der Waals surface area contributed by atoms with E-state index in [0.717, 1.165) is 5.69 Å². The summed E-state index contributed by atoms with van der Waals surface area (Å²) in [6.45, 7) is 0. The van der Waals surface area contributed by atoms with Gasteiger partial charge in [0.25, 0.3) is 0 Å². The largest absolute Gasteiger partial charge is 0.249 e. The lowest BCUT2D eigenvalue weighted by Gasteiger charge is -2.08. The number of para-hydroxylation sites is 1. The predicted octanol–water partition coefficient (Wildman–Crippen LogP) is 5.79. The molecule has 4 aromatic carbocycles. The van der Waals surface area contributed by atoms with Crippen molar-refractivity contribution >= 4 is 11.0 Å². The fourth-order valence-corrected chi connectivity index (χ4v) is 3.95. The van der Waals surface area contributed by atoms with E-state index in [1.54, 1.807) is 0 Å². The van der Waals surface area contributed by atoms with Crippen molar-refractivity contribution in [2.45, 2.75) is 0 Å². The van der Waals surface area contributed by atoms with Gasteiger partial charge in [-0.3, -0.25) is 0 Å². The summed E-state index contributed by atoms with van der Waals surface area (Å²) in [6, 6.07) is 36.3. The predicted molar refractivity (Wildman–Crippen MR) is 115 cm³/mol. The Morgan fingerprint density at radius 2 is 1.07 bits per heavy atom. The molecule has 1 heterocycles. The average Bonchev–Trinajstić information content (AvgIpc) is 3.13. The van der Waals surface area contributed by atoms with E-state index in [1.165, 1.54) is 33.3 Å². The van der Waals surface area contributed by atoms with Crippen LogP contribution in [0.1, 0.15) is 0 Å². The van der Waals surface area contributed by atoms with Crippen molar-refractivity contribution in [2.75, 3.05) is 0 Å². The van der Waals surface area contributed by atoms with Crippen LogP contribution in [-0.4, -0.2) is 4.57 Å². The molecule has 134 valence electrons. The lowest BCUT2D eigenvalue weighted by atomic mass is 9.97. The number of rotatable bonds is 3. The molecule has 0 radical (unpaired) electrons. The van der Waals surface area contributed by atoms with E-state index in [0.29, 0.717) is 0 Å². The SMILES string of the molecule is C[n+]1cn(-c2ccccc2)c2c(-c3ccccc3)ccc(-c3ccccc3)c21. The zero-order chi connectivity index (χ0) is 18.9. The molecule has 0 unspecified atom stereocenters. The topological polar surface area (TPSA) is 8.81 Å². The van der Waals surface area contributed by atoms with Gasteiger partial charge in [-0.15, -0.1) is 0 Å². The van der Waals surface area contributed by atoms with Crippen molar-refractivity contribution in [1.82, 2.24) is 4.57 Å². The summed E-state index contributed by atoms with van der Waals surface area (Å²) < 4.78 is 4.53. The molecule has 2 nitrogen and oxygen atoms in total. The van der Waals surface area contributed by atoms with Crippen LogP contribution < -0.4 is 4.57 Å². The zero-order valence-corrected chi connectivity index (χ0v) is 15.8. The minimum absolute atomic E-state index is 1.16. The van der Waals surface area contributed by atoms with Crippen molar-refractivity contribution in [2.24, 2.45) is 7.05 Å². The Balaban J connectivity index is 1.89. The quantitative estimate of drug-likeness (QED) is 0.360. The third-order valence-electron chi connectivity index (χ3n) is 5.24. The number of imidazole rings is 1. The van der Waals surface area contributed by atoms with Crippen LogP contribution in [-0.2, 0) is 7.05 Å². The second-order valence-corrected chi connectivity index (χ2v) is 7.02. The van der Waals surface area contributed by atoms with Crippen molar-refractivity contribution in [1.29, 1.82) is 0 Å². The highest BCUT2D eigenvalue weighted by molar-refractivity contribution is 6.00. The smallest absolute Gasteiger partial charge is 0.232 e. The van der Waals surface area contributed by atoms with Gasteiger partial charge < -0.3 is 0 Å². The normalized spacial score (nSPS) is 11.0. The first-order chi connectivity index (χ1) is 13.8. The minimum Gasteiger partial charge on any atom is -0.232 e. The Kier molecular flexibility index (Phi) is 4.02. The summed E-state index contributed by atoms with van der Waals surface area (Å²) in [4.78, 5) is 0. The standard InChI is InChI=1S/C26H21N2/c1-27-19-28(22-15-9-4-10-16-22)26-24(21-13-7-3-8-14-21)18-17-23(25(26)27)20-11-5-2-6-12-20/h2-19H,1H3/q+1. The summed E-state index contributed by atoms with van der Waals surface area (Å²) in [6.07, 6.45) is 2.18. The van der Waals surface area contributed by atoms with E-state index < -0.39 is 0 Å². The summed E-state index contributed by atoms with van der Waals surface area (Å²) in [5, 5.41) is 0. The second kappa shape index (κ2) is 6.82. The highest BCUT2D eigenvalue weighted by Crippen LogP contribution is 2.35. The number of hydrogen-bond acceptors (Lipinski definition) is 0. The molecule has 0 atom stereocenters. The molecule has 0 fully saturated rings. The number of hydrogen-bond donors (Lipinski definition) is 0. The first-order valence-electron chi connectivity index (χ1n) is 9.53. The fourth-order valence-electron chi connectivity index (χ4n) is 3.95. The summed E-state index contributed by atoms with van der Waals surface area (Å²) >= 11 is 0. The Hall–Kier alpha value is -3.65. The highest BCUT2D eigenvalue weighted by atomic mass is 15.1. The van der Waals surface area contributed by atoms with Gasteiger partial charge in [0.15, 0.2) is 11.0 Å². The van der Waals surface area contributed by atoms with E-state index in [1.807, 2.05) is 0 Å². The molecule has 0 spiro atoms. The molecule has 0 bridgehead atoms. The highest BCUT2D eigenvalue weighted by Gasteiger charge is 2.23. The molecule has 1 aromatic heterocycles. The van der Waals surface area contributed by atoms with Crippen LogP contribution in [0, 0.1) is 0 Å². The first-order valence-corrected chi connectivity index (χ1v) is 9.53. The van der Waals surface area contributed by atoms with Crippen molar-refractivity contribution in [3.05, 3.63) is 109 Å².